The highest BCUT2D eigenvalue weighted by Gasteiger charge is 2.45. The summed E-state index contributed by atoms with van der Waals surface area (Å²) in [4.78, 5) is 1.16. The number of hydrogen-bond acceptors (Lipinski definition) is 2. The molecule has 1 N–H and O–H groups in total. The van der Waals surface area contributed by atoms with Gasteiger partial charge < -0.3 is 5.32 Å². The molecule has 1 aliphatic carbocycles. The fourth-order valence-corrected chi connectivity index (χ4v) is 3.44. The Morgan fingerprint density at radius 3 is 2.33 bits per heavy atom. The Morgan fingerprint density at radius 1 is 1.14 bits per heavy atom. The number of benzene rings is 1. The van der Waals surface area contributed by atoms with Crippen molar-refractivity contribution >= 4 is 11.8 Å². The molecule has 0 aromatic heterocycles. The monoisotopic (exact) mass is 317 g/mol. The first kappa shape index (κ1) is 16.7. The lowest BCUT2D eigenvalue weighted by Crippen LogP contribution is -2.46. The summed E-state index contributed by atoms with van der Waals surface area (Å²) < 4.78 is 39.3. The van der Waals surface area contributed by atoms with Crippen molar-refractivity contribution in [3.8, 4) is 0 Å². The summed E-state index contributed by atoms with van der Waals surface area (Å²) >= 11 is 1.66. The average Bonchev–Trinajstić information content (AvgIpc) is 2.47. The topological polar surface area (TPSA) is 12.0 Å². The maximum atomic E-state index is 13.1. The van der Waals surface area contributed by atoms with Gasteiger partial charge in [-0.25, -0.2) is 0 Å². The lowest BCUT2D eigenvalue weighted by Gasteiger charge is -2.35. The van der Waals surface area contributed by atoms with Crippen molar-refractivity contribution in [1.82, 2.24) is 5.32 Å². The van der Waals surface area contributed by atoms with Crippen LogP contribution >= 0.6 is 11.8 Å². The lowest BCUT2D eigenvalue weighted by molar-refractivity contribution is -0.189. The van der Waals surface area contributed by atoms with Gasteiger partial charge in [0, 0.05) is 17.0 Å². The van der Waals surface area contributed by atoms with Crippen LogP contribution < -0.4 is 5.32 Å². The van der Waals surface area contributed by atoms with Crippen molar-refractivity contribution < 1.29 is 13.2 Å². The number of nitrogens with one attached hydrogen (secondary N) is 1. The summed E-state index contributed by atoms with van der Waals surface area (Å²) in [5, 5.41) is 3.20. The fourth-order valence-electron chi connectivity index (χ4n) is 3.03. The van der Waals surface area contributed by atoms with E-state index in [-0.39, 0.29) is 12.5 Å². The van der Waals surface area contributed by atoms with Crippen molar-refractivity contribution in [3.05, 3.63) is 29.8 Å². The van der Waals surface area contributed by atoms with Crippen LogP contribution in [-0.2, 0) is 0 Å². The summed E-state index contributed by atoms with van der Waals surface area (Å²) in [5.41, 5.74) is 1.04. The summed E-state index contributed by atoms with van der Waals surface area (Å²) in [6.45, 7) is 1.94. The zero-order chi connectivity index (χ0) is 15.5. The number of halogens is 3. The molecule has 1 nitrogen and oxygen atoms in total. The molecular formula is C16H22F3NS. The van der Waals surface area contributed by atoms with Gasteiger partial charge in [-0.2, -0.15) is 13.2 Å². The van der Waals surface area contributed by atoms with Crippen LogP contribution in [0.2, 0.25) is 0 Å². The van der Waals surface area contributed by atoms with E-state index in [1.807, 2.05) is 37.4 Å². The standard InChI is InChI=1S/C16H22F3NS/c1-11(12-7-9-13(21-2)10-8-12)20-15-6-4-3-5-14(15)16(17,18)19/h7-11,14-15,20H,3-6H2,1-2H3. The maximum Gasteiger partial charge on any atom is 0.393 e. The quantitative estimate of drug-likeness (QED) is 0.768. The largest absolute Gasteiger partial charge is 0.393 e. The maximum absolute atomic E-state index is 13.1. The number of hydrogen-bond donors (Lipinski definition) is 1. The first-order valence-electron chi connectivity index (χ1n) is 7.38. The zero-order valence-electron chi connectivity index (χ0n) is 12.4. The van der Waals surface area contributed by atoms with Crippen molar-refractivity contribution in [2.75, 3.05) is 6.26 Å². The number of alkyl halides is 3. The normalized spacial score (nSPS) is 24.8. The minimum atomic E-state index is -4.10. The van der Waals surface area contributed by atoms with Gasteiger partial charge in [0.2, 0.25) is 0 Å². The summed E-state index contributed by atoms with van der Waals surface area (Å²) in [7, 11) is 0. The molecule has 1 aromatic rings. The van der Waals surface area contributed by atoms with Gasteiger partial charge in [-0.05, 0) is 43.7 Å². The molecule has 5 heteroatoms. The molecule has 2 rings (SSSR count). The summed E-state index contributed by atoms with van der Waals surface area (Å²) in [5.74, 6) is -1.21. The van der Waals surface area contributed by atoms with Crippen LogP contribution in [0.15, 0.2) is 29.2 Å². The van der Waals surface area contributed by atoms with Gasteiger partial charge in [0.1, 0.15) is 0 Å². The second-order valence-electron chi connectivity index (χ2n) is 5.70. The molecule has 1 saturated carbocycles. The molecule has 0 aliphatic heterocycles. The van der Waals surface area contributed by atoms with Gasteiger partial charge in [0.05, 0.1) is 5.92 Å². The minimum Gasteiger partial charge on any atom is -0.307 e. The minimum absolute atomic E-state index is 0.0612. The van der Waals surface area contributed by atoms with Crippen LogP contribution in [0.25, 0.3) is 0 Å². The van der Waals surface area contributed by atoms with E-state index in [2.05, 4.69) is 5.32 Å². The smallest absolute Gasteiger partial charge is 0.307 e. The van der Waals surface area contributed by atoms with Crippen molar-refractivity contribution in [2.45, 2.75) is 55.8 Å². The Morgan fingerprint density at radius 2 is 1.76 bits per heavy atom. The molecule has 118 valence electrons. The number of rotatable bonds is 4. The third-order valence-electron chi connectivity index (χ3n) is 4.27. The van der Waals surface area contributed by atoms with Crippen LogP contribution in [0.3, 0.4) is 0 Å². The first-order valence-corrected chi connectivity index (χ1v) is 8.61. The van der Waals surface area contributed by atoms with Gasteiger partial charge in [-0.15, -0.1) is 11.8 Å². The molecule has 1 aromatic carbocycles. The van der Waals surface area contributed by atoms with Crippen LogP contribution in [0.1, 0.15) is 44.2 Å². The average molecular weight is 317 g/mol. The fraction of sp³-hybridized carbons (Fsp3) is 0.625. The third kappa shape index (κ3) is 4.39. The molecule has 0 amide bonds. The van der Waals surface area contributed by atoms with Crippen molar-refractivity contribution in [3.63, 3.8) is 0 Å². The lowest BCUT2D eigenvalue weighted by atomic mass is 9.83. The van der Waals surface area contributed by atoms with Gasteiger partial charge in [-0.3, -0.25) is 0 Å². The van der Waals surface area contributed by atoms with E-state index in [4.69, 9.17) is 0 Å². The molecule has 1 fully saturated rings. The van der Waals surface area contributed by atoms with E-state index in [0.29, 0.717) is 12.8 Å². The van der Waals surface area contributed by atoms with Crippen molar-refractivity contribution in [2.24, 2.45) is 5.92 Å². The van der Waals surface area contributed by atoms with E-state index in [1.54, 1.807) is 11.8 Å². The molecule has 0 saturated heterocycles. The molecule has 0 heterocycles. The molecule has 0 bridgehead atoms. The number of thioether (sulfide) groups is 1. The van der Waals surface area contributed by atoms with Gasteiger partial charge in [0.15, 0.2) is 0 Å². The second kappa shape index (κ2) is 7.05. The summed E-state index contributed by atoms with van der Waals surface area (Å²) in [6, 6.07) is 7.49. The predicted octanol–water partition coefficient (Wildman–Crippen LogP) is 5.18. The zero-order valence-corrected chi connectivity index (χ0v) is 13.2. The highest BCUT2D eigenvalue weighted by atomic mass is 32.2. The van der Waals surface area contributed by atoms with Gasteiger partial charge in [-0.1, -0.05) is 25.0 Å². The van der Waals surface area contributed by atoms with Gasteiger partial charge in [0.25, 0.3) is 0 Å². The van der Waals surface area contributed by atoms with Crippen LogP contribution in [-0.4, -0.2) is 18.5 Å². The van der Waals surface area contributed by atoms with E-state index in [0.717, 1.165) is 16.9 Å². The summed E-state index contributed by atoms with van der Waals surface area (Å²) in [6.07, 6.45) is 0.325. The molecule has 3 atom stereocenters. The third-order valence-corrected chi connectivity index (χ3v) is 5.01. The van der Waals surface area contributed by atoms with E-state index in [1.165, 1.54) is 0 Å². The Kier molecular flexibility index (Phi) is 5.60. The predicted molar refractivity (Wildman–Crippen MR) is 81.6 cm³/mol. The molecule has 0 radical (unpaired) electrons. The van der Waals surface area contributed by atoms with E-state index < -0.39 is 18.1 Å². The van der Waals surface area contributed by atoms with Gasteiger partial charge >= 0.3 is 6.18 Å². The highest BCUT2D eigenvalue weighted by Crippen LogP contribution is 2.38. The van der Waals surface area contributed by atoms with E-state index >= 15 is 0 Å². The highest BCUT2D eigenvalue weighted by molar-refractivity contribution is 7.98. The van der Waals surface area contributed by atoms with E-state index in [9.17, 15) is 13.2 Å². The first-order chi connectivity index (χ1) is 9.91. The molecule has 3 unspecified atom stereocenters. The van der Waals surface area contributed by atoms with Crippen LogP contribution in [0.5, 0.6) is 0 Å². The molecule has 0 spiro atoms. The Labute approximate surface area is 128 Å². The molecule has 21 heavy (non-hydrogen) atoms. The second-order valence-corrected chi connectivity index (χ2v) is 6.58. The van der Waals surface area contributed by atoms with Crippen molar-refractivity contribution in [1.29, 1.82) is 0 Å². The van der Waals surface area contributed by atoms with Crippen LogP contribution in [0, 0.1) is 5.92 Å². The Bertz CT molecular complexity index is 444. The Hall–Kier alpha value is -0.680. The SMILES string of the molecule is CSc1ccc(C(C)NC2CCCCC2C(F)(F)F)cc1. The Balaban J connectivity index is 2.03. The van der Waals surface area contributed by atoms with Crippen LogP contribution in [0.4, 0.5) is 13.2 Å². The molecule has 1 aliphatic rings. The molecular weight excluding hydrogens is 295 g/mol.